The lowest BCUT2D eigenvalue weighted by molar-refractivity contribution is -0.139. The first-order valence-electron chi connectivity index (χ1n) is 6.59. The first kappa shape index (κ1) is 14.4. The van der Waals surface area contributed by atoms with Gasteiger partial charge in [0.25, 0.3) is 0 Å². The van der Waals surface area contributed by atoms with Gasteiger partial charge in [-0.3, -0.25) is 14.7 Å². The highest BCUT2D eigenvalue weighted by Crippen LogP contribution is 2.19. The number of H-pyrrole nitrogens is 1. The summed E-state index contributed by atoms with van der Waals surface area (Å²) in [6.45, 7) is 5.06. The highest BCUT2D eigenvalue weighted by atomic mass is 16.5. The molecule has 0 aliphatic carbocycles. The van der Waals surface area contributed by atoms with Crippen molar-refractivity contribution in [2.45, 2.75) is 26.4 Å². The quantitative estimate of drug-likeness (QED) is 0.778. The van der Waals surface area contributed by atoms with Crippen molar-refractivity contribution in [1.29, 1.82) is 0 Å². The minimum absolute atomic E-state index is 0.000641. The van der Waals surface area contributed by atoms with Gasteiger partial charge < -0.3 is 15.0 Å². The summed E-state index contributed by atoms with van der Waals surface area (Å²) < 4.78 is 5.59. The van der Waals surface area contributed by atoms with Crippen LogP contribution in [0, 0.1) is 6.92 Å². The molecular formula is C12H19N5O3. The van der Waals surface area contributed by atoms with E-state index in [0.29, 0.717) is 38.5 Å². The van der Waals surface area contributed by atoms with Gasteiger partial charge in [-0.2, -0.15) is 5.10 Å². The Morgan fingerprint density at radius 3 is 3.00 bits per heavy atom. The smallest absolute Gasteiger partial charge is 0.224 e. The first-order chi connectivity index (χ1) is 9.56. The maximum Gasteiger partial charge on any atom is 0.224 e. The number of carbonyl (C=O) groups is 2. The van der Waals surface area contributed by atoms with Crippen LogP contribution in [0.5, 0.6) is 0 Å². The highest BCUT2D eigenvalue weighted by Gasteiger charge is 2.27. The molecule has 1 aliphatic rings. The monoisotopic (exact) mass is 281 g/mol. The number of carbonyl (C=O) groups excluding carboxylic acids is 2. The minimum atomic E-state index is -0.293. The molecule has 1 aromatic heterocycles. The highest BCUT2D eigenvalue weighted by molar-refractivity contribution is 5.78. The molecule has 1 aliphatic heterocycles. The summed E-state index contributed by atoms with van der Waals surface area (Å²) in [5, 5.41) is 9.44. The molecule has 0 radical (unpaired) electrons. The molecule has 1 fully saturated rings. The summed E-state index contributed by atoms with van der Waals surface area (Å²) in [6.07, 6.45) is -0.00214. The van der Waals surface area contributed by atoms with Crippen LogP contribution in [0.15, 0.2) is 0 Å². The summed E-state index contributed by atoms with van der Waals surface area (Å²) in [4.78, 5) is 28.7. The van der Waals surface area contributed by atoms with Crippen LogP contribution in [0.4, 0.5) is 0 Å². The van der Waals surface area contributed by atoms with E-state index in [1.807, 2.05) is 6.92 Å². The summed E-state index contributed by atoms with van der Waals surface area (Å²) in [7, 11) is 0. The Labute approximate surface area is 116 Å². The molecule has 0 spiro atoms. The van der Waals surface area contributed by atoms with Crippen LogP contribution in [-0.4, -0.2) is 58.1 Å². The first-order valence-corrected chi connectivity index (χ1v) is 6.59. The molecule has 0 saturated carbocycles. The molecule has 2 N–H and O–H groups in total. The number of nitrogens with zero attached hydrogens (tertiary/aromatic N) is 3. The van der Waals surface area contributed by atoms with E-state index in [0.717, 1.165) is 5.82 Å². The zero-order valence-electron chi connectivity index (χ0n) is 11.7. The van der Waals surface area contributed by atoms with Crippen molar-refractivity contribution >= 4 is 11.8 Å². The number of hydrogen-bond acceptors (Lipinski definition) is 5. The van der Waals surface area contributed by atoms with Gasteiger partial charge in [-0.15, -0.1) is 0 Å². The second-order valence-electron chi connectivity index (χ2n) is 4.71. The predicted molar refractivity (Wildman–Crippen MR) is 69.7 cm³/mol. The van der Waals surface area contributed by atoms with Gasteiger partial charge in [-0.1, -0.05) is 0 Å². The number of aromatic nitrogens is 3. The molecular weight excluding hydrogens is 262 g/mol. The molecule has 0 aromatic carbocycles. The molecule has 0 unspecified atom stereocenters. The molecule has 2 heterocycles. The Morgan fingerprint density at radius 2 is 2.35 bits per heavy atom. The van der Waals surface area contributed by atoms with Crippen molar-refractivity contribution in [2.24, 2.45) is 0 Å². The van der Waals surface area contributed by atoms with Crippen molar-refractivity contribution in [3.8, 4) is 0 Å². The molecule has 0 bridgehead atoms. The number of morpholine rings is 1. The van der Waals surface area contributed by atoms with E-state index in [1.165, 1.54) is 6.92 Å². The number of rotatable bonds is 4. The van der Waals surface area contributed by atoms with Crippen LogP contribution in [-0.2, 0) is 14.3 Å². The van der Waals surface area contributed by atoms with E-state index >= 15 is 0 Å². The fourth-order valence-electron chi connectivity index (χ4n) is 2.04. The third-order valence-electron chi connectivity index (χ3n) is 3.03. The SMILES string of the molecule is CC(=O)NCCC(=O)N1CCO[C@H](c2n[nH]c(C)n2)C1. The van der Waals surface area contributed by atoms with Crippen LogP contribution in [0.3, 0.4) is 0 Å². The second kappa shape index (κ2) is 6.47. The molecule has 8 heteroatoms. The van der Waals surface area contributed by atoms with Crippen molar-refractivity contribution in [3.05, 3.63) is 11.6 Å². The van der Waals surface area contributed by atoms with Crippen molar-refractivity contribution < 1.29 is 14.3 Å². The Bertz CT molecular complexity index is 487. The summed E-state index contributed by atoms with van der Waals surface area (Å²) in [5.74, 6) is 1.16. The van der Waals surface area contributed by atoms with Crippen molar-refractivity contribution in [2.75, 3.05) is 26.2 Å². The van der Waals surface area contributed by atoms with Crippen molar-refractivity contribution in [1.82, 2.24) is 25.4 Å². The summed E-state index contributed by atoms with van der Waals surface area (Å²) in [5.41, 5.74) is 0. The molecule has 1 aromatic rings. The van der Waals surface area contributed by atoms with E-state index in [4.69, 9.17) is 4.74 Å². The van der Waals surface area contributed by atoms with Gasteiger partial charge in [-0.25, -0.2) is 4.98 Å². The summed E-state index contributed by atoms with van der Waals surface area (Å²) >= 11 is 0. The lowest BCUT2D eigenvalue weighted by Gasteiger charge is -2.31. The van der Waals surface area contributed by atoms with Crippen LogP contribution in [0.25, 0.3) is 0 Å². The van der Waals surface area contributed by atoms with Gasteiger partial charge in [0.1, 0.15) is 11.9 Å². The van der Waals surface area contributed by atoms with Crippen LogP contribution >= 0.6 is 0 Å². The number of aromatic amines is 1. The van der Waals surface area contributed by atoms with Crippen LogP contribution in [0.1, 0.15) is 31.1 Å². The molecule has 1 atom stereocenters. The van der Waals surface area contributed by atoms with Gasteiger partial charge >= 0.3 is 0 Å². The Kier molecular flexibility index (Phi) is 4.67. The third kappa shape index (κ3) is 3.77. The lowest BCUT2D eigenvalue weighted by atomic mass is 10.2. The normalized spacial score (nSPS) is 18.9. The lowest BCUT2D eigenvalue weighted by Crippen LogP contribution is -2.43. The number of hydrogen-bond donors (Lipinski definition) is 2. The Morgan fingerprint density at radius 1 is 1.55 bits per heavy atom. The zero-order valence-corrected chi connectivity index (χ0v) is 11.7. The topological polar surface area (TPSA) is 100 Å². The Hall–Kier alpha value is -1.96. The minimum Gasteiger partial charge on any atom is -0.366 e. The standard InChI is InChI=1S/C12H19N5O3/c1-8-14-12(16-15-8)10-7-17(5-6-20-10)11(19)3-4-13-9(2)18/h10H,3-7H2,1-2H3,(H,13,18)(H,14,15,16)/t10-/m0/s1. The van der Waals surface area contributed by atoms with E-state index in [1.54, 1.807) is 4.90 Å². The molecule has 1 saturated heterocycles. The van der Waals surface area contributed by atoms with E-state index < -0.39 is 0 Å². The van der Waals surface area contributed by atoms with Crippen LogP contribution in [0.2, 0.25) is 0 Å². The van der Waals surface area contributed by atoms with Gasteiger partial charge in [0.05, 0.1) is 13.2 Å². The average Bonchev–Trinajstić information content (AvgIpc) is 2.85. The van der Waals surface area contributed by atoms with Crippen molar-refractivity contribution in [3.63, 3.8) is 0 Å². The number of aryl methyl sites for hydroxylation is 1. The molecule has 20 heavy (non-hydrogen) atoms. The molecule has 2 amide bonds. The fourth-order valence-corrected chi connectivity index (χ4v) is 2.04. The molecule has 110 valence electrons. The van der Waals surface area contributed by atoms with Gasteiger partial charge in [-0.05, 0) is 6.92 Å². The third-order valence-corrected chi connectivity index (χ3v) is 3.03. The van der Waals surface area contributed by atoms with E-state index in [2.05, 4.69) is 20.5 Å². The fraction of sp³-hybridized carbons (Fsp3) is 0.667. The number of nitrogens with one attached hydrogen (secondary N) is 2. The van der Waals surface area contributed by atoms with Crippen LogP contribution < -0.4 is 5.32 Å². The molecule has 8 nitrogen and oxygen atoms in total. The van der Waals surface area contributed by atoms with E-state index in [-0.39, 0.29) is 17.9 Å². The van der Waals surface area contributed by atoms with Gasteiger partial charge in [0.15, 0.2) is 5.82 Å². The Balaban J connectivity index is 1.86. The number of amides is 2. The maximum absolute atomic E-state index is 12.0. The zero-order chi connectivity index (χ0) is 14.5. The number of ether oxygens (including phenoxy) is 1. The second-order valence-corrected chi connectivity index (χ2v) is 4.71. The average molecular weight is 281 g/mol. The predicted octanol–water partition coefficient (Wildman–Crippen LogP) is -0.461. The summed E-state index contributed by atoms with van der Waals surface area (Å²) in [6, 6.07) is 0. The maximum atomic E-state index is 12.0. The van der Waals surface area contributed by atoms with Gasteiger partial charge in [0, 0.05) is 26.4 Å². The largest absolute Gasteiger partial charge is 0.366 e. The van der Waals surface area contributed by atoms with Gasteiger partial charge in [0.2, 0.25) is 11.8 Å². The van der Waals surface area contributed by atoms with E-state index in [9.17, 15) is 9.59 Å². The molecule has 2 rings (SSSR count).